The lowest BCUT2D eigenvalue weighted by atomic mass is 10.3. The maximum Gasteiger partial charge on any atom is 0.234 e. The van der Waals surface area contributed by atoms with E-state index in [1.165, 1.54) is 0 Å². The Morgan fingerprint density at radius 3 is 3.12 bits per heavy atom. The number of carbonyl (C=O) groups excluding carboxylic acids is 1. The van der Waals surface area contributed by atoms with Gasteiger partial charge in [0.15, 0.2) is 0 Å². The molecule has 3 nitrogen and oxygen atoms in total. The van der Waals surface area contributed by atoms with Crippen LogP contribution in [0.3, 0.4) is 0 Å². The van der Waals surface area contributed by atoms with Crippen LogP contribution in [0.25, 0.3) is 0 Å². The summed E-state index contributed by atoms with van der Waals surface area (Å²) in [5, 5.41) is -0.0520. The molecule has 0 N–H and O–H groups in total. The summed E-state index contributed by atoms with van der Waals surface area (Å²) >= 11 is 1.56. The molecular formula is C12H13NO2S. The van der Waals surface area contributed by atoms with E-state index in [0.717, 1.165) is 17.9 Å². The second-order valence-electron chi connectivity index (χ2n) is 3.55. The van der Waals surface area contributed by atoms with E-state index >= 15 is 0 Å². The third-order valence-electron chi connectivity index (χ3n) is 2.50. The molecule has 84 valence electrons. The molecule has 0 spiro atoms. The smallest absolute Gasteiger partial charge is 0.234 e. The van der Waals surface area contributed by atoms with Gasteiger partial charge in [-0.15, -0.1) is 18.2 Å². The summed E-state index contributed by atoms with van der Waals surface area (Å²) in [5.74, 6) is 4.84. The molecule has 1 aliphatic rings. The van der Waals surface area contributed by atoms with Crippen LogP contribution in [0.4, 0.5) is 0 Å². The highest BCUT2D eigenvalue weighted by molar-refractivity contribution is 8.00. The number of nitrogens with zero attached hydrogens (tertiary/aromatic N) is 1. The van der Waals surface area contributed by atoms with Crippen molar-refractivity contribution in [3.8, 4) is 12.3 Å². The number of hydrogen-bond acceptors (Lipinski definition) is 3. The van der Waals surface area contributed by atoms with E-state index in [1.54, 1.807) is 16.7 Å². The van der Waals surface area contributed by atoms with Gasteiger partial charge in [0.1, 0.15) is 16.9 Å². The lowest BCUT2D eigenvalue weighted by Crippen LogP contribution is -2.28. The van der Waals surface area contributed by atoms with Crippen molar-refractivity contribution in [1.29, 1.82) is 0 Å². The van der Waals surface area contributed by atoms with Crippen LogP contribution in [0.5, 0.6) is 0 Å². The number of rotatable bonds is 3. The van der Waals surface area contributed by atoms with Gasteiger partial charge in [0, 0.05) is 6.42 Å². The fourth-order valence-electron chi connectivity index (χ4n) is 1.68. The van der Waals surface area contributed by atoms with E-state index in [2.05, 4.69) is 5.92 Å². The molecule has 1 saturated heterocycles. The predicted octanol–water partition coefficient (Wildman–Crippen LogP) is 2.05. The molecule has 1 aromatic heterocycles. The van der Waals surface area contributed by atoms with Crippen LogP contribution < -0.4 is 0 Å². The largest absolute Gasteiger partial charge is 0.463 e. The summed E-state index contributed by atoms with van der Waals surface area (Å²) in [7, 11) is 0. The number of thioether (sulfide) groups is 1. The molecule has 1 fully saturated rings. The van der Waals surface area contributed by atoms with Crippen molar-refractivity contribution in [3.05, 3.63) is 23.7 Å². The summed E-state index contributed by atoms with van der Waals surface area (Å²) in [6.07, 6.45) is 6.12. The highest BCUT2D eigenvalue weighted by Crippen LogP contribution is 2.38. The number of hydrogen-bond donors (Lipinski definition) is 0. The maximum absolute atomic E-state index is 11.6. The van der Waals surface area contributed by atoms with Crippen molar-refractivity contribution in [2.75, 3.05) is 12.3 Å². The zero-order chi connectivity index (χ0) is 11.5. The van der Waals surface area contributed by atoms with Gasteiger partial charge in [0.25, 0.3) is 0 Å². The topological polar surface area (TPSA) is 33.5 Å². The van der Waals surface area contributed by atoms with Crippen molar-refractivity contribution < 1.29 is 9.21 Å². The standard InChI is InChI=1S/C12H13NO2S/c1-3-7-13-11(14)8-16-12(13)10-6-5-9(4-2)15-10/h1,5-6,12H,4,7-8H2,2H3. The molecule has 4 heteroatoms. The highest BCUT2D eigenvalue weighted by Gasteiger charge is 2.34. The highest BCUT2D eigenvalue weighted by atomic mass is 32.2. The first-order valence-corrected chi connectivity index (χ1v) is 6.24. The number of aryl methyl sites for hydroxylation is 1. The summed E-state index contributed by atoms with van der Waals surface area (Å²) in [5.41, 5.74) is 0. The summed E-state index contributed by atoms with van der Waals surface area (Å²) in [6.45, 7) is 2.38. The van der Waals surface area contributed by atoms with Gasteiger partial charge in [-0.2, -0.15) is 0 Å². The summed E-state index contributed by atoms with van der Waals surface area (Å²) in [6, 6.07) is 3.88. The first-order chi connectivity index (χ1) is 7.76. The molecule has 16 heavy (non-hydrogen) atoms. The van der Waals surface area contributed by atoms with E-state index in [-0.39, 0.29) is 11.3 Å². The third kappa shape index (κ3) is 1.96. The normalized spacial score (nSPS) is 20.1. The predicted molar refractivity (Wildman–Crippen MR) is 63.8 cm³/mol. The molecule has 0 saturated carbocycles. The molecule has 0 aromatic carbocycles. The third-order valence-corrected chi connectivity index (χ3v) is 3.72. The summed E-state index contributed by atoms with van der Waals surface area (Å²) in [4.78, 5) is 13.3. The van der Waals surface area contributed by atoms with Gasteiger partial charge in [-0.3, -0.25) is 4.79 Å². The van der Waals surface area contributed by atoms with Crippen LogP contribution in [0.15, 0.2) is 16.5 Å². The molecule has 1 unspecified atom stereocenters. The Balaban J connectivity index is 2.20. The number of terminal acetylenes is 1. The fraction of sp³-hybridized carbons (Fsp3) is 0.417. The Morgan fingerprint density at radius 2 is 2.50 bits per heavy atom. The van der Waals surface area contributed by atoms with Gasteiger partial charge in [-0.25, -0.2) is 0 Å². The van der Waals surface area contributed by atoms with Crippen molar-refractivity contribution in [2.24, 2.45) is 0 Å². The molecule has 1 amide bonds. The second kappa shape index (κ2) is 4.67. The number of amides is 1. The Bertz CT molecular complexity index is 432. The van der Waals surface area contributed by atoms with Crippen LogP contribution in [0.1, 0.15) is 23.8 Å². The Hall–Kier alpha value is -1.34. The minimum Gasteiger partial charge on any atom is -0.463 e. The van der Waals surface area contributed by atoms with Gasteiger partial charge >= 0.3 is 0 Å². The molecule has 1 aromatic rings. The Morgan fingerprint density at radius 1 is 1.69 bits per heavy atom. The van der Waals surface area contributed by atoms with Crippen LogP contribution >= 0.6 is 11.8 Å². The second-order valence-corrected chi connectivity index (χ2v) is 4.62. The molecule has 1 aliphatic heterocycles. The Labute approximate surface area is 99.2 Å². The SMILES string of the molecule is C#CCN1C(=O)CSC1c1ccc(CC)o1. The average molecular weight is 235 g/mol. The zero-order valence-corrected chi connectivity index (χ0v) is 9.92. The number of carbonyl (C=O) groups is 1. The van der Waals surface area contributed by atoms with Crippen LogP contribution in [-0.2, 0) is 11.2 Å². The van der Waals surface area contributed by atoms with Crippen LogP contribution in [-0.4, -0.2) is 23.1 Å². The fourth-order valence-corrected chi connectivity index (χ4v) is 2.81. The average Bonchev–Trinajstić information content (AvgIpc) is 2.87. The van der Waals surface area contributed by atoms with Crippen molar-refractivity contribution in [3.63, 3.8) is 0 Å². The molecule has 0 aliphatic carbocycles. The van der Waals surface area contributed by atoms with Gasteiger partial charge in [0.05, 0.1) is 12.3 Å². The molecule has 2 heterocycles. The quantitative estimate of drug-likeness (QED) is 0.752. The molecule has 1 atom stereocenters. The van der Waals surface area contributed by atoms with E-state index in [1.807, 2.05) is 19.1 Å². The zero-order valence-electron chi connectivity index (χ0n) is 9.10. The van der Waals surface area contributed by atoms with Crippen molar-refractivity contribution in [2.45, 2.75) is 18.7 Å². The van der Waals surface area contributed by atoms with Gasteiger partial charge < -0.3 is 9.32 Å². The first kappa shape index (κ1) is 11.2. The van der Waals surface area contributed by atoms with Crippen molar-refractivity contribution in [1.82, 2.24) is 4.90 Å². The minimum absolute atomic E-state index is 0.0520. The van der Waals surface area contributed by atoms with Gasteiger partial charge in [-0.05, 0) is 12.1 Å². The maximum atomic E-state index is 11.6. The lowest BCUT2D eigenvalue weighted by Gasteiger charge is -2.19. The first-order valence-electron chi connectivity index (χ1n) is 5.19. The van der Waals surface area contributed by atoms with E-state index in [4.69, 9.17) is 10.8 Å². The van der Waals surface area contributed by atoms with Crippen LogP contribution in [0.2, 0.25) is 0 Å². The van der Waals surface area contributed by atoms with Crippen molar-refractivity contribution >= 4 is 17.7 Å². The molecule has 0 bridgehead atoms. The van der Waals surface area contributed by atoms with E-state index in [0.29, 0.717) is 12.3 Å². The van der Waals surface area contributed by atoms with E-state index in [9.17, 15) is 4.79 Å². The Kier molecular flexibility index (Phi) is 3.25. The summed E-state index contributed by atoms with van der Waals surface area (Å²) < 4.78 is 5.66. The monoisotopic (exact) mass is 235 g/mol. The number of furan rings is 1. The van der Waals surface area contributed by atoms with Crippen LogP contribution in [0, 0.1) is 12.3 Å². The molecule has 0 radical (unpaired) electrons. The lowest BCUT2D eigenvalue weighted by molar-refractivity contribution is -0.127. The molecule has 2 rings (SSSR count). The van der Waals surface area contributed by atoms with E-state index < -0.39 is 0 Å². The van der Waals surface area contributed by atoms with Gasteiger partial charge in [-0.1, -0.05) is 12.8 Å². The molecular weight excluding hydrogens is 222 g/mol. The van der Waals surface area contributed by atoms with Gasteiger partial charge in [0.2, 0.25) is 5.91 Å². The minimum atomic E-state index is -0.0520.